The van der Waals surface area contributed by atoms with Crippen molar-refractivity contribution in [3.63, 3.8) is 0 Å². The lowest BCUT2D eigenvalue weighted by Crippen LogP contribution is -2.32. The fourth-order valence-corrected chi connectivity index (χ4v) is 3.74. The van der Waals surface area contributed by atoms with Crippen molar-refractivity contribution in [2.75, 3.05) is 27.4 Å². The molecule has 0 bridgehead atoms. The number of amides is 1. The molecule has 0 spiro atoms. The molecule has 0 saturated carbocycles. The molecule has 9 heteroatoms. The summed E-state index contributed by atoms with van der Waals surface area (Å²) in [6.07, 6.45) is 0. The summed E-state index contributed by atoms with van der Waals surface area (Å²) in [5.41, 5.74) is 3.12. The van der Waals surface area contributed by atoms with Gasteiger partial charge in [0.05, 0.1) is 30.4 Å². The Labute approximate surface area is 172 Å². The van der Waals surface area contributed by atoms with E-state index in [1.165, 1.54) is 12.1 Å². The number of methoxy groups -OCH3 is 2. The van der Waals surface area contributed by atoms with Gasteiger partial charge in [0.15, 0.2) is 0 Å². The molecule has 4 rings (SSSR count). The lowest BCUT2D eigenvalue weighted by Gasteiger charge is -2.26. The van der Waals surface area contributed by atoms with Gasteiger partial charge in [-0.05, 0) is 29.8 Å². The molecule has 1 aliphatic rings. The van der Waals surface area contributed by atoms with Gasteiger partial charge in [0, 0.05) is 36.9 Å². The minimum atomic E-state index is -0.515. The summed E-state index contributed by atoms with van der Waals surface area (Å²) in [5, 5.41) is 18.5. The molecule has 1 amide bonds. The average Bonchev–Trinajstić information content (AvgIpc) is 3.31. The number of H-pyrrole nitrogens is 1. The molecule has 9 nitrogen and oxygen atoms in total. The smallest absolute Gasteiger partial charge is 0.273 e. The number of aromatic amines is 1. The summed E-state index contributed by atoms with van der Waals surface area (Å²) in [6.45, 7) is 0.681. The largest absolute Gasteiger partial charge is 0.497 e. The van der Waals surface area contributed by atoms with Crippen LogP contribution in [0.25, 0.3) is 11.3 Å². The Bertz CT molecular complexity index is 1090. The molecular formula is C21H20N4O5. The lowest BCUT2D eigenvalue weighted by atomic mass is 9.95. The maximum Gasteiger partial charge on any atom is 0.273 e. The number of rotatable bonds is 7. The molecule has 0 fully saturated rings. The SMILES string of the molecule is COCCN1C(=O)c2[nH]nc(-c3ccc(OC)cc3)c2C1c1cccc([N+](=O)[O-])c1. The molecule has 1 atom stereocenters. The van der Waals surface area contributed by atoms with E-state index in [9.17, 15) is 14.9 Å². The van der Waals surface area contributed by atoms with E-state index in [-0.39, 0.29) is 11.6 Å². The monoisotopic (exact) mass is 408 g/mol. The average molecular weight is 408 g/mol. The highest BCUT2D eigenvalue weighted by Gasteiger charge is 2.42. The Morgan fingerprint density at radius 1 is 1.20 bits per heavy atom. The number of nitro groups is 1. The van der Waals surface area contributed by atoms with Crippen LogP contribution in [-0.4, -0.2) is 53.3 Å². The number of nitrogens with one attached hydrogen (secondary N) is 1. The second-order valence-electron chi connectivity index (χ2n) is 6.84. The highest BCUT2D eigenvalue weighted by Crippen LogP contribution is 2.43. The van der Waals surface area contributed by atoms with Crippen LogP contribution in [0.2, 0.25) is 0 Å². The van der Waals surface area contributed by atoms with Crippen molar-refractivity contribution in [2.24, 2.45) is 0 Å². The van der Waals surface area contributed by atoms with Crippen LogP contribution in [-0.2, 0) is 4.74 Å². The molecule has 0 radical (unpaired) electrons. The van der Waals surface area contributed by atoms with Crippen molar-refractivity contribution >= 4 is 11.6 Å². The summed E-state index contributed by atoms with van der Waals surface area (Å²) in [6, 6.07) is 13.2. The van der Waals surface area contributed by atoms with Crippen molar-refractivity contribution in [3.05, 3.63) is 75.5 Å². The lowest BCUT2D eigenvalue weighted by molar-refractivity contribution is -0.384. The number of nitrogens with zero attached hydrogens (tertiary/aromatic N) is 3. The third-order valence-electron chi connectivity index (χ3n) is 5.16. The number of nitro benzene ring substituents is 1. The minimum absolute atomic E-state index is 0.0328. The van der Waals surface area contributed by atoms with Gasteiger partial charge < -0.3 is 14.4 Å². The number of ether oxygens (including phenoxy) is 2. The maximum atomic E-state index is 13.1. The van der Waals surface area contributed by atoms with E-state index in [4.69, 9.17) is 9.47 Å². The van der Waals surface area contributed by atoms with E-state index in [1.807, 2.05) is 24.3 Å². The molecule has 1 unspecified atom stereocenters. The second kappa shape index (κ2) is 7.96. The Balaban J connectivity index is 1.85. The molecule has 1 N–H and O–H groups in total. The first-order valence-electron chi connectivity index (χ1n) is 9.32. The zero-order valence-electron chi connectivity index (χ0n) is 16.5. The zero-order chi connectivity index (χ0) is 21.3. The van der Waals surface area contributed by atoms with Crippen LogP contribution < -0.4 is 4.74 Å². The molecule has 1 aliphatic heterocycles. The van der Waals surface area contributed by atoms with Gasteiger partial charge in [-0.15, -0.1) is 0 Å². The van der Waals surface area contributed by atoms with Crippen molar-refractivity contribution in [1.82, 2.24) is 15.1 Å². The van der Waals surface area contributed by atoms with Crippen LogP contribution >= 0.6 is 0 Å². The summed E-state index contributed by atoms with van der Waals surface area (Å²) < 4.78 is 10.4. The molecule has 2 aromatic carbocycles. The van der Waals surface area contributed by atoms with Crippen molar-refractivity contribution in [3.8, 4) is 17.0 Å². The van der Waals surface area contributed by atoms with E-state index >= 15 is 0 Å². The number of hydrogen-bond donors (Lipinski definition) is 1. The molecule has 2 heterocycles. The first-order valence-corrected chi connectivity index (χ1v) is 9.32. The Morgan fingerprint density at radius 2 is 1.97 bits per heavy atom. The van der Waals surface area contributed by atoms with Gasteiger partial charge in [-0.1, -0.05) is 12.1 Å². The molecule has 0 saturated heterocycles. The zero-order valence-corrected chi connectivity index (χ0v) is 16.5. The van der Waals surface area contributed by atoms with E-state index in [2.05, 4.69) is 10.2 Å². The first kappa shape index (κ1) is 19.6. The molecule has 154 valence electrons. The summed E-state index contributed by atoms with van der Waals surface area (Å²) in [4.78, 5) is 25.6. The Kier molecular flexibility index (Phi) is 5.20. The topological polar surface area (TPSA) is 111 Å². The molecule has 0 aliphatic carbocycles. The molecule has 30 heavy (non-hydrogen) atoms. The highest BCUT2D eigenvalue weighted by atomic mass is 16.6. The van der Waals surface area contributed by atoms with Gasteiger partial charge in [0.2, 0.25) is 0 Å². The Morgan fingerprint density at radius 3 is 2.63 bits per heavy atom. The first-order chi connectivity index (χ1) is 14.5. The summed E-state index contributed by atoms with van der Waals surface area (Å²) >= 11 is 0. The predicted octanol–water partition coefficient (Wildman–Crippen LogP) is 3.19. The number of aromatic nitrogens is 2. The molecule has 3 aromatic rings. The minimum Gasteiger partial charge on any atom is -0.497 e. The van der Waals surface area contributed by atoms with Gasteiger partial charge in [-0.3, -0.25) is 20.0 Å². The fourth-order valence-electron chi connectivity index (χ4n) is 3.74. The fraction of sp³-hybridized carbons (Fsp3) is 0.238. The van der Waals surface area contributed by atoms with Crippen LogP contribution in [0.15, 0.2) is 48.5 Å². The van der Waals surface area contributed by atoms with E-state index in [0.29, 0.717) is 41.4 Å². The van der Waals surface area contributed by atoms with Gasteiger partial charge >= 0.3 is 0 Å². The summed E-state index contributed by atoms with van der Waals surface area (Å²) in [7, 11) is 3.15. The summed E-state index contributed by atoms with van der Waals surface area (Å²) in [5.74, 6) is 0.491. The second-order valence-corrected chi connectivity index (χ2v) is 6.84. The van der Waals surface area contributed by atoms with Crippen LogP contribution in [0.5, 0.6) is 5.75 Å². The predicted molar refractivity (Wildman–Crippen MR) is 108 cm³/mol. The van der Waals surface area contributed by atoms with Crippen LogP contribution in [0.3, 0.4) is 0 Å². The quantitative estimate of drug-likeness (QED) is 0.475. The van der Waals surface area contributed by atoms with E-state index < -0.39 is 11.0 Å². The van der Waals surface area contributed by atoms with Crippen molar-refractivity contribution in [2.45, 2.75) is 6.04 Å². The van der Waals surface area contributed by atoms with Crippen LogP contribution in [0.1, 0.15) is 27.7 Å². The van der Waals surface area contributed by atoms with Gasteiger partial charge in [-0.2, -0.15) is 5.10 Å². The van der Waals surface area contributed by atoms with E-state index in [0.717, 1.165) is 5.56 Å². The standard InChI is InChI=1S/C21H20N4O5/c1-29-11-10-24-20(14-4-3-5-15(12-14)25(27)28)17-18(22-23-19(17)21(24)26)13-6-8-16(30-2)9-7-13/h3-9,12,20H,10-11H2,1-2H3,(H,22,23). The third-order valence-corrected chi connectivity index (χ3v) is 5.16. The number of non-ortho nitro benzene ring substituents is 1. The number of benzene rings is 2. The van der Waals surface area contributed by atoms with Gasteiger partial charge in [-0.25, -0.2) is 0 Å². The molecule has 1 aromatic heterocycles. The van der Waals surface area contributed by atoms with Crippen LogP contribution in [0.4, 0.5) is 5.69 Å². The number of hydrogen-bond acceptors (Lipinski definition) is 6. The molecular weight excluding hydrogens is 388 g/mol. The van der Waals surface area contributed by atoms with Crippen LogP contribution in [0, 0.1) is 10.1 Å². The number of carbonyl (C=O) groups is 1. The third kappa shape index (κ3) is 3.29. The normalized spacial score (nSPS) is 15.3. The Hall–Kier alpha value is -3.72. The number of fused-ring (bicyclic) bond motifs is 1. The van der Waals surface area contributed by atoms with Crippen molar-refractivity contribution in [1.29, 1.82) is 0 Å². The van der Waals surface area contributed by atoms with E-state index in [1.54, 1.807) is 31.3 Å². The number of carbonyl (C=O) groups excluding carboxylic acids is 1. The van der Waals surface area contributed by atoms with Gasteiger partial charge in [0.25, 0.3) is 11.6 Å². The highest BCUT2D eigenvalue weighted by molar-refractivity contribution is 6.00. The maximum absolute atomic E-state index is 13.1. The van der Waals surface area contributed by atoms with Gasteiger partial charge in [0.1, 0.15) is 11.4 Å². The van der Waals surface area contributed by atoms with Crippen molar-refractivity contribution < 1.29 is 19.2 Å².